The van der Waals surface area contributed by atoms with Crippen molar-refractivity contribution in [3.05, 3.63) is 59.1 Å². The third kappa shape index (κ3) is 4.67. The number of hydrogen-bond acceptors (Lipinski definition) is 3. The van der Waals surface area contributed by atoms with Gasteiger partial charge in [-0.25, -0.2) is 0 Å². The molecule has 1 amide bonds. The Bertz CT molecular complexity index is 628. The van der Waals surface area contributed by atoms with E-state index in [1.54, 1.807) is 31.4 Å². The summed E-state index contributed by atoms with van der Waals surface area (Å²) < 4.78 is 10.6. The van der Waals surface area contributed by atoms with Crippen LogP contribution in [0, 0.1) is 0 Å². The third-order valence-corrected chi connectivity index (χ3v) is 3.41. The first-order chi connectivity index (χ1) is 10.6. The molecule has 0 aromatic heterocycles. The van der Waals surface area contributed by atoms with Crippen molar-refractivity contribution in [3.8, 4) is 11.5 Å². The summed E-state index contributed by atoms with van der Waals surface area (Å²) in [5, 5.41) is 3.51. The van der Waals surface area contributed by atoms with Crippen molar-refractivity contribution in [1.29, 1.82) is 0 Å². The quantitative estimate of drug-likeness (QED) is 0.885. The molecular weight excluding hydrogens is 302 g/mol. The lowest BCUT2D eigenvalue weighted by molar-refractivity contribution is -0.123. The number of methoxy groups -OCH3 is 1. The number of rotatable bonds is 6. The van der Waals surface area contributed by atoms with Crippen molar-refractivity contribution in [2.75, 3.05) is 13.7 Å². The van der Waals surface area contributed by atoms with Crippen molar-refractivity contribution in [1.82, 2.24) is 5.32 Å². The Balaban J connectivity index is 1.86. The van der Waals surface area contributed by atoms with Crippen LogP contribution < -0.4 is 14.8 Å². The number of benzene rings is 2. The number of carbonyl (C=O) groups is 1. The average molecular weight is 320 g/mol. The number of carbonyl (C=O) groups excluding carboxylic acids is 1. The molecule has 22 heavy (non-hydrogen) atoms. The topological polar surface area (TPSA) is 47.6 Å². The van der Waals surface area contributed by atoms with Gasteiger partial charge in [0.2, 0.25) is 0 Å². The minimum absolute atomic E-state index is 0.0457. The van der Waals surface area contributed by atoms with E-state index in [9.17, 15) is 4.79 Å². The molecular formula is C17H18ClNO3. The van der Waals surface area contributed by atoms with Crippen LogP contribution in [-0.4, -0.2) is 19.6 Å². The van der Waals surface area contributed by atoms with Crippen LogP contribution in [-0.2, 0) is 4.79 Å². The minimum Gasteiger partial charge on any atom is -0.497 e. The van der Waals surface area contributed by atoms with Gasteiger partial charge in [0.15, 0.2) is 6.61 Å². The molecule has 0 bridgehead atoms. The van der Waals surface area contributed by atoms with Crippen LogP contribution in [0.25, 0.3) is 0 Å². The van der Waals surface area contributed by atoms with Gasteiger partial charge in [-0.3, -0.25) is 4.79 Å². The van der Waals surface area contributed by atoms with E-state index < -0.39 is 0 Å². The minimum atomic E-state index is -0.190. The molecule has 1 N–H and O–H groups in total. The first-order valence-corrected chi connectivity index (χ1v) is 7.28. The van der Waals surface area contributed by atoms with Gasteiger partial charge in [0.1, 0.15) is 11.5 Å². The molecule has 0 aliphatic carbocycles. The van der Waals surface area contributed by atoms with Gasteiger partial charge in [0.05, 0.1) is 13.2 Å². The molecule has 0 aliphatic heterocycles. The highest BCUT2D eigenvalue weighted by Crippen LogP contribution is 2.19. The normalized spacial score (nSPS) is 11.6. The van der Waals surface area contributed by atoms with Gasteiger partial charge in [0, 0.05) is 5.02 Å². The monoisotopic (exact) mass is 319 g/mol. The van der Waals surface area contributed by atoms with Crippen LogP contribution in [0.4, 0.5) is 0 Å². The molecule has 0 saturated carbocycles. The van der Waals surface area contributed by atoms with Gasteiger partial charge in [-0.1, -0.05) is 23.7 Å². The Morgan fingerprint density at radius 1 is 1.18 bits per heavy atom. The van der Waals surface area contributed by atoms with E-state index >= 15 is 0 Å². The lowest BCUT2D eigenvalue weighted by Gasteiger charge is -2.15. The maximum absolute atomic E-state index is 11.9. The summed E-state index contributed by atoms with van der Waals surface area (Å²) in [6.45, 7) is 1.87. The largest absolute Gasteiger partial charge is 0.497 e. The van der Waals surface area contributed by atoms with Gasteiger partial charge >= 0.3 is 0 Å². The predicted octanol–water partition coefficient (Wildman–Crippen LogP) is 3.60. The Morgan fingerprint density at radius 3 is 2.59 bits per heavy atom. The Morgan fingerprint density at radius 2 is 1.91 bits per heavy atom. The van der Waals surface area contributed by atoms with Crippen LogP contribution in [0.3, 0.4) is 0 Å². The van der Waals surface area contributed by atoms with Crippen LogP contribution in [0.1, 0.15) is 18.5 Å². The lowest BCUT2D eigenvalue weighted by atomic mass is 10.1. The summed E-state index contributed by atoms with van der Waals surface area (Å²) >= 11 is 5.79. The summed E-state index contributed by atoms with van der Waals surface area (Å²) in [6.07, 6.45) is 0. The fourth-order valence-electron chi connectivity index (χ4n) is 1.96. The zero-order chi connectivity index (χ0) is 15.9. The van der Waals surface area contributed by atoms with Crippen LogP contribution in [0.2, 0.25) is 5.02 Å². The molecule has 0 saturated heterocycles. The van der Waals surface area contributed by atoms with E-state index in [2.05, 4.69) is 5.32 Å². The van der Waals surface area contributed by atoms with Crippen LogP contribution >= 0.6 is 11.6 Å². The summed E-state index contributed by atoms with van der Waals surface area (Å²) in [4.78, 5) is 11.9. The second kappa shape index (κ2) is 7.71. The summed E-state index contributed by atoms with van der Waals surface area (Å²) in [5.74, 6) is 1.18. The molecule has 2 aromatic rings. The zero-order valence-electron chi connectivity index (χ0n) is 12.5. The number of amides is 1. The van der Waals surface area contributed by atoms with E-state index in [0.717, 1.165) is 11.3 Å². The highest BCUT2D eigenvalue weighted by molar-refractivity contribution is 6.30. The molecule has 2 rings (SSSR count). The standard InChI is InChI=1S/C17H18ClNO3/c1-12(13-4-3-5-16(10-13)21-2)19-17(20)11-22-15-8-6-14(18)7-9-15/h3-10,12H,11H2,1-2H3,(H,19,20). The fourth-order valence-corrected chi connectivity index (χ4v) is 2.08. The SMILES string of the molecule is COc1cccc(C(C)NC(=O)COc2ccc(Cl)cc2)c1. The molecule has 4 nitrogen and oxygen atoms in total. The molecule has 1 unspecified atom stereocenters. The van der Waals surface area contributed by atoms with Crippen LogP contribution in [0.5, 0.6) is 11.5 Å². The third-order valence-electron chi connectivity index (χ3n) is 3.15. The zero-order valence-corrected chi connectivity index (χ0v) is 13.3. The molecule has 0 heterocycles. The van der Waals surface area contributed by atoms with E-state index in [1.807, 2.05) is 31.2 Å². The van der Waals surface area contributed by atoms with Crippen molar-refractivity contribution in [2.45, 2.75) is 13.0 Å². The highest BCUT2D eigenvalue weighted by Gasteiger charge is 2.10. The van der Waals surface area contributed by atoms with Gasteiger partial charge in [0.25, 0.3) is 5.91 Å². The van der Waals surface area contributed by atoms with Crippen molar-refractivity contribution in [3.63, 3.8) is 0 Å². The molecule has 0 radical (unpaired) electrons. The van der Waals surface area contributed by atoms with Gasteiger partial charge in [-0.05, 0) is 48.9 Å². The Kier molecular flexibility index (Phi) is 5.67. The first-order valence-electron chi connectivity index (χ1n) is 6.90. The van der Waals surface area contributed by atoms with E-state index in [1.165, 1.54) is 0 Å². The predicted molar refractivity (Wildman–Crippen MR) is 86.5 cm³/mol. The first kappa shape index (κ1) is 16.2. The maximum Gasteiger partial charge on any atom is 0.258 e. The van der Waals surface area contributed by atoms with Gasteiger partial charge < -0.3 is 14.8 Å². The number of hydrogen-bond donors (Lipinski definition) is 1. The van der Waals surface area contributed by atoms with E-state index in [0.29, 0.717) is 10.8 Å². The number of halogens is 1. The fraction of sp³-hybridized carbons (Fsp3) is 0.235. The van der Waals surface area contributed by atoms with Crippen molar-refractivity contribution < 1.29 is 14.3 Å². The van der Waals surface area contributed by atoms with Gasteiger partial charge in [-0.2, -0.15) is 0 Å². The molecule has 0 fully saturated rings. The smallest absolute Gasteiger partial charge is 0.258 e. The molecule has 116 valence electrons. The molecule has 5 heteroatoms. The van der Waals surface area contributed by atoms with Crippen molar-refractivity contribution in [2.24, 2.45) is 0 Å². The second-order valence-electron chi connectivity index (χ2n) is 4.81. The van der Waals surface area contributed by atoms with E-state index in [-0.39, 0.29) is 18.6 Å². The molecule has 0 aliphatic rings. The Labute approximate surface area is 135 Å². The average Bonchev–Trinajstić information content (AvgIpc) is 2.54. The van der Waals surface area contributed by atoms with Gasteiger partial charge in [-0.15, -0.1) is 0 Å². The molecule has 1 atom stereocenters. The van der Waals surface area contributed by atoms with Crippen molar-refractivity contribution >= 4 is 17.5 Å². The van der Waals surface area contributed by atoms with E-state index in [4.69, 9.17) is 21.1 Å². The van der Waals surface area contributed by atoms with Crippen LogP contribution in [0.15, 0.2) is 48.5 Å². The number of ether oxygens (including phenoxy) is 2. The summed E-state index contributed by atoms with van der Waals surface area (Å²) in [7, 11) is 1.61. The highest BCUT2D eigenvalue weighted by atomic mass is 35.5. The Hall–Kier alpha value is -2.20. The summed E-state index contributed by atoms with van der Waals surface area (Å²) in [6, 6.07) is 14.3. The molecule has 2 aromatic carbocycles. The summed E-state index contributed by atoms with van der Waals surface area (Å²) in [5.41, 5.74) is 0.971. The maximum atomic E-state index is 11.9. The second-order valence-corrected chi connectivity index (χ2v) is 5.24. The number of nitrogens with one attached hydrogen (secondary N) is 1. The molecule has 0 spiro atoms. The lowest BCUT2D eigenvalue weighted by Crippen LogP contribution is -2.31.